The van der Waals surface area contributed by atoms with Crippen LogP contribution >= 0.6 is 27.5 Å². The van der Waals surface area contributed by atoms with Gasteiger partial charge in [0.25, 0.3) is 5.82 Å². The molecule has 1 aliphatic rings. The van der Waals surface area contributed by atoms with Crippen LogP contribution in [0.2, 0.25) is 5.02 Å². The van der Waals surface area contributed by atoms with Crippen LogP contribution in [0.15, 0.2) is 41.3 Å². The number of hydrogen-bond acceptors (Lipinski definition) is 4. The van der Waals surface area contributed by atoms with Crippen molar-refractivity contribution in [2.24, 2.45) is 11.0 Å². The van der Waals surface area contributed by atoms with E-state index in [0.29, 0.717) is 16.5 Å². The minimum absolute atomic E-state index is 0.169. The molecule has 0 fully saturated rings. The third kappa shape index (κ3) is 5.21. The SMILES string of the molecule is CC(CCCBr)C(=O)NC1=CC=N[N@@+]1(C(=O)OC(C)(C)C)c1ccc(Cl)cc1. The maximum Gasteiger partial charge on any atom is 0.556 e. The first-order chi connectivity index (χ1) is 13.1. The van der Waals surface area contributed by atoms with Gasteiger partial charge in [0.1, 0.15) is 5.60 Å². The molecule has 1 aliphatic heterocycles. The summed E-state index contributed by atoms with van der Waals surface area (Å²) in [6.07, 6.45) is 4.12. The maximum atomic E-state index is 13.2. The predicted octanol–water partition coefficient (Wildman–Crippen LogP) is 5.35. The monoisotopic (exact) mass is 470 g/mol. The molecule has 2 amide bonds. The lowest BCUT2D eigenvalue weighted by Crippen LogP contribution is -2.54. The van der Waals surface area contributed by atoms with Crippen molar-refractivity contribution in [1.82, 2.24) is 9.91 Å². The molecule has 8 heteroatoms. The standard InChI is InChI=1S/C20H25BrClN3O3/c1-14(6-5-12-21)18(26)24-17-11-13-23-25(17,19(27)28-20(2,3)4)16-9-7-15(22)8-10-16/h7-11,13-14H,5-6,12H2,1-4H3/p+1/t14?,25-/m0/s1. The second-order valence-electron chi connectivity index (χ2n) is 7.63. The van der Waals surface area contributed by atoms with E-state index in [4.69, 9.17) is 16.3 Å². The fourth-order valence-corrected chi connectivity index (χ4v) is 3.15. The fourth-order valence-electron chi connectivity index (χ4n) is 2.70. The number of benzene rings is 1. The number of carbonyl (C=O) groups excluding carboxylic acids is 2. The number of carbonyl (C=O) groups is 2. The lowest BCUT2D eigenvalue weighted by atomic mass is 10.1. The van der Waals surface area contributed by atoms with E-state index in [-0.39, 0.29) is 11.8 Å². The van der Waals surface area contributed by atoms with Gasteiger partial charge < -0.3 is 4.74 Å². The van der Waals surface area contributed by atoms with Gasteiger partial charge in [-0.25, -0.2) is 0 Å². The summed E-state index contributed by atoms with van der Waals surface area (Å²) in [5.41, 5.74) is -0.197. The summed E-state index contributed by atoms with van der Waals surface area (Å²) in [5.74, 6) is -0.0465. The Hall–Kier alpha value is -1.70. The van der Waals surface area contributed by atoms with Gasteiger partial charge in [-0.15, -0.1) is 0 Å². The Balaban J connectivity index is 2.39. The zero-order valence-electron chi connectivity index (χ0n) is 16.5. The molecule has 0 aliphatic carbocycles. The second kappa shape index (κ2) is 9.20. The van der Waals surface area contributed by atoms with E-state index in [0.717, 1.165) is 18.2 Å². The van der Waals surface area contributed by atoms with E-state index in [1.807, 2.05) is 6.92 Å². The molecule has 2 atom stereocenters. The van der Waals surface area contributed by atoms with Gasteiger partial charge in [-0.05, 0) is 50.3 Å². The number of nitrogens with one attached hydrogen (secondary N) is 1. The number of hydrogen-bond donors (Lipinski definition) is 1. The first kappa shape index (κ1) is 22.6. The molecule has 0 radical (unpaired) electrons. The van der Waals surface area contributed by atoms with Crippen LogP contribution in [-0.2, 0) is 9.53 Å². The van der Waals surface area contributed by atoms with Gasteiger partial charge in [0.05, 0.1) is 6.21 Å². The van der Waals surface area contributed by atoms with E-state index < -0.39 is 16.3 Å². The summed E-state index contributed by atoms with van der Waals surface area (Å²) < 4.78 is 5.03. The van der Waals surface area contributed by atoms with Crippen molar-refractivity contribution < 1.29 is 14.3 Å². The number of allylic oxidation sites excluding steroid dienone is 1. The molecule has 152 valence electrons. The van der Waals surface area contributed by atoms with Crippen LogP contribution in [0.4, 0.5) is 10.5 Å². The van der Waals surface area contributed by atoms with Crippen LogP contribution in [0.3, 0.4) is 0 Å². The Labute approximate surface area is 179 Å². The highest BCUT2D eigenvalue weighted by Crippen LogP contribution is 2.35. The van der Waals surface area contributed by atoms with Gasteiger partial charge in [-0.2, -0.15) is 4.79 Å². The molecule has 0 spiro atoms. The summed E-state index contributed by atoms with van der Waals surface area (Å²) >= 11 is 9.39. The van der Waals surface area contributed by atoms with Crippen LogP contribution in [0.25, 0.3) is 0 Å². The first-order valence-electron chi connectivity index (χ1n) is 9.12. The molecule has 28 heavy (non-hydrogen) atoms. The zero-order valence-corrected chi connectivity index (χ0v) is 18.9. The average molecular weight is 472 g/mol. The highest BCUT2D eigenvalue weighted by Gasteiger charge is 2.51. The lowest BCUT2D eigenvalue weighted by molar-refractivity contribution is -0.124. The van der Waals surface area contributed by atoms with Gasteiger partial charge in [0, 0.05) is 34.5 Å². The van der Waals surface area contributed by atoms with Crippen molar-refractivity contribution in [3.63, 3.8) is 0 Å². The van der Waals surface area contributed by atoms with E-state index in [2.05, 4.69) is 26.3 Å². The zero-order chi connectivity index (χ0) is 20.9. The number of halogens is 2. The van der Waals surface area contributed by atoms with Gasteiger partial charge in [0.2, 0.25) is 5.91 Å². The van der Waals surface area contributed by atoms with Crippen molar-refractivity contribution in [3.05, 3.63) is 41.2 Å². The summed E-state index contributed by atoms with van der Waals surface area (Å²) in [5, 5.41) is 8.63. The lowest BCUT2D eigenvalue weighted by Gasteiger charge is -2.30. The van der Waals surface area contributed by atoms with Gasteiger partial charge in [0.15, 0.2) is 5.69 Å². The highest BCUT2D eigenvalue weighted by molar-refractivity contribution is 9.09. The Bertz CT molecular complexity index is 787. The Morgan fingerprint density at radius 3 is 2.50 bits per heavy atom. The minimum Gasteiger partial charge on any atom is -0.412 e. The Morgan fingerprint density at radius 1 is 1.29 bits per heavy atom. The van der Waals surface area contributed by atoms with Crippen LogP contribution < -0.4 is 9.91 Å². The molecule has 1 unspecified atom stereocenters. The highest BCUT2D eigenvalue weighted by atomic mass is 79.9. The molecule has 0 saturated heterocycles. The second-order valence-corrected chi connectivity index (χ2v) is 8.86. The van der Waals surface area contributed by atoms with Gasteiger partial charge in [-0.1, -0.05) is 39.6 Å². The number of rotatable bonds is 6. The molecule has 1 aromatic carbocycles. The minimum atomic E-state index is -0.717. The summed E-state index contributed by atoms with van der Waals surface area (Å²) in [7, 11) is 0. The molecular weight excluding hydrogens is 446 g/mol. The van der Waals surface area contributed by atoms with Crippen molar-refractivity contribution in [2.45, 2.75) is 46.1 Å². The third-order valence-corrected chi connectivity index (χ3v) is 4.96. The molecule has 2 rings (SSSR count). The van der Waals surface area contributed by atoms with E-state index in [9.17, 15) is 9.59 Å². The quantitative estimate of drug-likeness (QED) is 0.449. The molecular formula is C20H26BrClN3O3+. The predicted molar refractivity (Wildman–Crippen MR) is 116 cm³/mol. The fraction of sp³-hybridized carbons (Fsp3) is 0.450. The van der Waals surface area contributed by atoms with Crippen molar-refractivity contribution in [2.75, 3.05) is 5.33 Å². The van der Waals surface area contributed by atoms with Gasteiger partial charge >= 0.3 is 6.09 Å². The number of quaternary nitrogens is 1. The van der Waals surface area contributed by atoms with Gasteiger partial charge in [-0.3, -0.25) is 10.1 Å². The first-order valence-corrected chi connectivity index (χ1v) is 10.6. The smallest absolute Gasteiger partial charge is 0.412 e. The molecule has 1 aromatic rings. The number of amides is 2. The van der Waals surface area contributed by atoms with E-state index in [1.54, 1.807) is 51.1 Å². The Kier molecular flexibility index (Phi) is 7.42. The van der Waals surface area contributed by atoms with E-state index in [1.165, 1.54) is 6.21 Å². The average Bonchev–Trinajstić information content (AvgIpc) is 3.03. The van der Waals surface area contributed by atoms with Crippen LogP contribution in [0.5, 0.6) is 0 Å². The molecule has 0 bridgehead atoms. The molecule has 0 aromatic heterocycles. The Morgan fingerprint density at radius 2 is 1.93 bits per heavy atom. The number of ether oxygens (including phenoxy) is 1. The van der Waals surface area contributed by atoms with Crippen LogP contribution in [-0.4, -0.2) is 29.1 Å². The molecule has 1 heterocycles. The van der Waals surface area contributed by atoms with Crippen molar-refractivity contribution >= 4 is 51.4 Å². The topological polar surface area (TPSA) is 67.8 Å². The van der Waals surface area contributed by atoms with Crippen LogP contribution in [0.1, 0.15) is 40.5 Å². The van der Waals surface area contributed by atoms with Crippen molar-refractivity contribution in [1.29, 1.82) is 0 Å². The largest absolute Gasteiger partial charge is 0.556 e. The summed E-state index contributed by atoms with van der Waals surface area (Å²) in [4.78, 5) is 25.9. The van der Waals surface area contributed by atoms with E-state index >= 15 is 0 Å². The summed E-state index contributed by atoms with van der Waals surface area (Å²) in [6.45, 7) is 7.22. The van der Waals surface area contributed by atoms with Crippen LogP contribution in [0, 0.1) is 5.92 Å². The third-order valence-electron chi connectivity index (χ3n) is 4.15. The molecule has 0 saturated carbocycles. The molecule has 1 N–H and O–H groups in total. The normalized spacial score (nSPS) is 19.9. The summed E-state index contributed by atoms with van der Waals surface area (Å²) in [6, 6.07) is 6.74. The number of alkyl halides is 1. The molecule has 6 nitrogen and oxygen atoms in total. The maximum absolute atomic E-state index is 13.2. The number of nitrogens with zero attached hydrogens (tertiary/aromatic N) is 2. The van der Waals surface area contributed by atoms with Crippen molar-refractivity contribution in [3.8, 4) is 0 Å².